The van der Waals surface area contributed by atoms with Crippen molar-refractivity contribution in [3.63, 3.8) is 0 Å². The van der Waals surface area contributed by atoms with Crippen molar-refractivity contribution in [2.24, 2.45) is 0 Å². The number of thioether (sulfide) groups is 1. The number of Topliss-reactive ketones (excluding diaryl/α,β-unsaturated/α-hetero) is 1. The Morgan fingerprint density at radius 1 is 1.44 bits per heavy atom. The molecule has 1 atom stereocenters. The highest BCUT2D eigenvalue weighted by molar-refractivity contribution is 9.10. The van der Waals surface area contributed by atoms with Crippen molar-refractivity contribution in [1.82, 2.24) is 0 Å². The fourth-order valence-corrected chi connectivity index (χ4v) is 3.66. The monoisotopic (exact) mass is 298 g/mol. The summed E-state index contributed by atoms with van der Waals surface area (Å²) < 4.78 is 1.05. The summed E-state index contributed by atoms with van der Waals surface area (Å²) >= 11 is 5.27. The second kappa shape index (κ2) is 5.87. The zero-order valence-electron chi connectivity index (χ0n) is 9.12. The van der Waals surface area contributed by atoms with Gasteiger partial charge in [-0.15, -0.1) is 0 Å². The third-order valence-corrected chi connectivity index (χ3v) is 4.72. The number of ketones is 1. The molecule has 1 saturated heterocycles. The van der Waals surface area contributed by atoms with Gasteiger partial charge in [-0.05, 0) is 36.3 Å². The van der Waals surface area contributed by atoms with Crippen LogP contribution in [-0.4, -0.2) is 16.8 Å². The van der Waals surface area contributed by atoms with E-state index in [2.05, 4.69) is 15.9 Å². The normalized spacial score (nSPS) is 20.7. The molecule has 0 aromatic heterocycles. The highest BCUT2D eigenvalue weighted by Gasteiger charge is 2.21. The molecule has 1 aromatic rings. The van der Waals surface area contributed by atoms with Gasteiger partial charge >= 0.3 is 0 Å². The van der Waals surface area contributed by atoms with E-state index in [-0.39, 0.29) is 5.25 Å². The zero-order chi connectivity index (χ0) is 11.4. The van der Waals surface area contributed by atoms with Crippen LogP contribution < -0.4 is 0 Å². The Kier molecular flexibility index (Phi) is 4.47. The molecule has 1 aromatic carbocycles. The van der Waals surface area contributed by atoms with Crippen molar-refractivity contribution in [3.8, 4) is 0 Å². The van der Waals surface area contributed by atoms with Crippen LogP contribution in [0.5, 0.6) is 0 Å². The first-order valence-corrected chi connectivity index (χ1v) is 7.48. The standard InChI is InChI=1S/C13H15BrOS/c14-11-5-3-4-10(8-11)9-12(15)13-6-1-2-7-16-13/h3-5,8,13H,1-2,6-7,9H2. The molecule has 2 rings (SSSR count). The molecule has 0 saturated carbocycles. The van der Waals surface area contributed by atoms with Crippen molar-refractivity contribution in [1.29, 1.82) is 0 Å². The van der Waals surface area contributed by atoms with E-state index in [9.17, 15) is 4.79 Å². The minimum absolute atomic E-state index is 0.243. The Morgan fingerprint density at radius 2 is 2.31 bits per heavy atom. The first-order valence-electron chi connectivity index (χ1n) is 5.64. The predicted molar refractivity (Wildman–Crippen MR) is 73.0 cm³/mol. The van der Waals surface area contributed by atoms with Gasteiger partial charge in [-0.25, -0.2) is 0 Å². The van der Waals surface area contributed by atoms with Gasteiger partial charge in [-0.2, -0.15) is 11.8 Å². The lowest BCUT2D eigenvalue weighted by atomic mass is 10.0. The van der Waals surface area contributed by atoms with Crippen LogP contribution in [0.25, 0.3) is 0 Å². The van der Waals surface area contributed by atoms with E-state index < -0.39 is 0 Å². The second-order valence-corrected chi connectivity index (χ2v) is 6.35. The Bertz CT molecular complexity index is 372. The molecule has 86 valence electrons. The van der Waals surface area contributed by atoms with Gasteiger partial charge in [0.1, 0.15) is 5.78 Å². The van der Waals surface area contributed by atoms with Crippen LogP contribution >= 0.6 is 27.7 Å². The molecule has 1 aliphatic rings. The highest BCUT2D eigenvalue weighted by atomic mass is 79.9. The summed E-state index contributed by atoms with van der Waals surface area (Å²) in [6.45, 7) is 0. The van der Waals surface area contributed by atoms with Gasteiger partial charge in [0, 0.05) is 10.9 Å². The first-order chi connectivity index (χ1) is 7.75. The smallest absolute Gasteiger partial charge is 0.150 e. The maximum atomic E-state index is 12.0. The molecule has 16 heavy (non-hydrogen) atoms. The van der Waals surface area contributed by atoms with Gasteiger partial charge in [0.05, 0.1) is 5.25 Å². The van der Waals surface area contributed by atoms with Crippen molar-refractivity contribution < 1.29 is 4.79 Å². The first kappa shape index (κ1) is 12.2. The lowest BCUT2D eigenvalue weighted by Gasteiger charge is -2.19. The zero-order valence-corrected chi connectivity index (χ0v) is 11.5. The number of hydrogen-bond acceptors (Lipinski definition) is 2. The fraction of sp³-hybridized carbons (Fsp3) is 0.462. The minimum atomic E-state index is 0.243. The number of benzene rings is 1. The van der Waals surface area contributed by atoms with E-state index in [1.807, 2.05) is 36.0 Å². The molecule has 1 fully saturated rings. The van der Waals surface area contributed by atoms with E-state index in [0.29, 0.717) is 12.2 Å². The summed E-state index contributed by atoms with van der Waals surface area (Å²) in [6.07, 6.45) is 4.13. The van der Waals surface area contributed by atoms with Gasteiger partial charge in [-0.1, -0.05) is 34.5 Å². The Balaban J connectivity index is 1.96. The van der Waals surface area contributed by atoms with Gasteiger partial charge < -0.3 is 0 Å². The third-order valence-electron chi connectivity index (χ3n) is 2.81. The summed E-state index contributed by atoms with van der Waals surface area (Å²) in [6, 6.07) is 8.03. The molecular formula is C13H15BrOS. The van der Waals surface area contributed by atoms with Crippen LogP contribution in [0.1, 0.15) is 24.8 Å². The van der Waals surface area contributed by atoms with Crippen molar-refractivity contribution in [2.75, 3.05) is 5.75 Å². The predicted octanol–water partition coefficient (Wildman–Crippen LogP) is 3.85. The summed E-state index contributed by atoms with van der Waals surface area (Å²) in [5.74, 6) is 1.54. The van der Waals surface area contributed by atoms with E-state index in [0.717, 1.165) is 22.2 Å². The summed E-state index contributed by atoms with van der Waals surface area (Å²) in [4.78, 5) is 12.0. The van der Waals surface area contributed by atoms with Crippen LogP contribution in [0.3, 0.4) is 0 Å². The van der Waals surface area contributed by atoms with Crippen LogP contribution in [-0.2, 0) is 11.2 Å². The molecule has 0 N–H and O–H groups in total. The number of rotatable bonds is 3. The van der Waals surface area contributed by atoms with E-state index in [1.54, 1.807) is 0 Å². The summed E-state index contributed by atoms with van der Waals surface area (Å²) in [5, 5.41) is 0.243. The fourth-order valence-electron chi connectivity index (χ4n) is 1.96. The van der Waals surface area contributed by atoms with Crippen molar-refractivity contribution in [2.45, 2.75) is 30.9 Å². The highest BCUT2D eigenvalue weighted by Crippen LogP contribution is 2.26. The Labute approximate surface area is 109 Å². The molecule has 0 bridgehead atoms. The average molecular weight is 299 g/mol. The van der Waals surface area contributed by atoms with Crippen molar-refractivity contribution >= 4 is 33.5 Å². The van der Waals surface area contributed by atoms with E-state index in [4.69, 9.17) is 0 Å². The molecule has 1 unspecified atom stereocenters. The molecule has 1 heterocycles. The molecule has 0 radical (unpaired) electrons. The quantitative estimate of drug-likeness (QED) is 0.843. The minimum Gasteiger partial charge on any atom is -0.298 e. The van der Waals surface area contributed by atoms with Crippen LogP contribution in [0.4, 0.5) is 0 Å². The van der Waals surface area contributed by atoms with Gasteiger partial charge in [0.2, 0.25) is 0 Å². The summed E-state index contributed by atoms with van der Waals surface area (Å²) in [7, 11) is 0. The number of carbonyl (C=O) groups excluding carboxylic acids is 1. The molecule has 0 spiro atoms. The summed E-state index contributed by atoms with van der Waals surface area (Å²) in [5.41, 5.74) is 1.12. The molecule has 0 aliphatic carbocycles. The third kappa shape index (κ3) is 3.36. The number of halogens is 1. The molecule has 3 heteroatoms. The van der Waals surface area contributed by atoms with Crippen LogP contribution in [0, 0.1) is 0 Å². The van der Waals surface area contributed by atoms with Crippen molar-refractivity contribution in [3.05, 3.63) is 34.3 Å². The van der Waals surface area contributed by atoms with E-state index in [1.165, 1.54) is 12.8 Å². The largest absolute Gasteiger partial charge is 0.298 e. The maximum Gasteiger partial charge on any atom is 0.150 e. The van der Waals surface area contributed by atoms with Gasteiger partial charge in [-0.3, -0.25) is 4.79 Å². The Hall–Kier alpha value is -0.280. The Morgan fingerprint density at radius 3 is 3.00 bits per heavy atom. The molecular weight excluding hydrogens is 284 g/mol. The van der Waals surface area contributed by atoms with Crippen LogP contribution in [0.15, 0.2) is 28.7 Å². The van der Waals surface area contributed by atoms with Gasteiger partial charge in [0.15, 0.2) is 0 Å². The lowest BCUT2D eigenvalue weighted by Crippen LogP contribution is -2.22. The molecule has 1 aliphatic heterocycles. The maximum absolute atomic E-state index is 12.0. The van der Waals surface area contributed by atoms with Gasteiger partial charge in [0.25, 0.3) is 0 Å². The van der Waals surface area contributed by atoms with E-state index >= 15 is 0 Å². The topological polar surface area (TPSA) is 17.1 Å². The number of carbonyl (C=O) groups is 1. The molecule has 1 nitrogen and oxygen atoms in total. The van der Waals surface area contributed by atoms with Crippen LogP contribution in [0.2, 0.25) is 0 Å². The second-order valence-electron chi connectivity index (χ2n) is 4.13. The molecule has 0 amide bonds. The lowest BCUT2D eigenvalue weighted by molar-refractivity contribution is -0.118. The number of hydrogen-bond donors (Lipinski definition) is 0. The average Bonchev–Trinajstić information content (AvgIpc) is 2.30. The SMILES string of the molecule is O=C(Cc1cccc(Br)c1)C1CCCCS1.